The highest BCUT2D eigenvalue weighted by atomic mass is 35.5. The van der Waals surface area contributed by atoms with E-state index in [9.17, 15) is 4.79 Å². The summed E-state index contributed by atoms with van der Waals surface area (Å²) in [5, 5.41) is 5.73. The van der Waals surface area contributed by atoms with Crippen LogP contribution in [-0.4, -0.2) is 50.2 Å². The Morgan fingerprint density at radius 3 is 2.83 bits per heavy atom. The number of halogens is 1. The molecule has 2 aromatic rings. The molecular weight excluding hydrogens is 312 g/mol. The van der Waals surface area contributed by atoms with Gasteiger partial charge in [-0.1, -0.05) is 42.5 Å². The summed E-state index contributed by atoms with van der Waals surface area (Å²) in [6.45, 7) is 2.61. The number of ether oxygens (including phenoxy) is 1. The quantitative estimate of drug-likeness (QED) is 0.932. The summed E-state index contributed by atoms with van der Waals surface area (Å²) < 4.78 is 5.36. The molecule has 1 fully saturated rings. The van der Waals surface area contributed by atoms with Gasteiger partial charge in [0.05, 0.1) is 13.2 Å². The molecule has 0 saturated carbocycles. The number of morpholine rings is 1. The average Bonchev–Trinajstić information content (AvgIpc) is 2.59. The van der Waals surface area contributed by atoms with E-state index in [1.165, 1.54) is 16.3 Å². The zero-order valence-corrected chi connectivity index (χ0v) is 14.1. The number of rotatable bonds is 4. The van der Waals surface area contributed by atoms with Crippen molar-refractivity contribution < 1.29 is 9.53 Å². The number of amides is 1. The van der Waals surface area contributed by atoms with Crippen LogP contribution in [0.1, 0.15) is 5.56 Å². The number of carbonyl (C=O) groups is 1. The van der Waals surface area contributed by atoms with Crippen molar-refractivity contribution >= 4 is 29.1 Å². The van der Waals surface area contributed by atoms with Crippen molar-refractivity contribution in [2.75, 3.05) is 33.4 Å². The molecule has 1 amide bonds. The Labute approximate surface area is 143 Å². The molecule has 4 nitrogen and oxygen atoms in total. The van der Waals surface area contributed by atoms with Crippen LogP contribution < -0.4 is 5.32 Å². The fourth-order valence-electron chi connectivity index (χ4n) is 2.90. The second kappa shape index (κ2) is 8.29. The van der Waals surface area contributed by atoms with Crippen LogP contribution >= 0.6 is 12.4 Å². The Morgan fingerprint density at radius 2 is 2.04 bits per heavy atom. The van der Waals surface area contributed by atoms with E-state index in [0.717, 1.165) is 13.0 Å². The molecule has 3 rings (SSSR count). The van der Waals surface area contributed by atoms with Crippen LogP contribution in [0.4, 0.5) is 0 Å². The lowest BCUT2D eigenvalue weighted by Gasteiger charge is -2.27. The number of nitrogens with one attached hydrogen (secondary N) is 1. The Kier molecular flexibility index (Phi) is 6.39. The molecule has 0 aliphatic carbocycles. The van der Waals surface area contributed by atoms with Gasteiger partial charge in [0.25, 0.3) is 0 Å². The Hall–Kier alpha value is -1.62. The van der Waals surface area contributed by atoms with E-state index in [0.29, 0.717) is 19.8 Å². The van der Waals surface area contributed by atoms with E-state index in [1.54, 1.807) is 4.90 Å². The number of hydrogen-bond donors (Lipinski definition) is 1. The minimum Gasteiger partial charge on any atom is -0.378 e. The predicted octanol–water partition coefficient (Wildman–Crippen LogP) is 2.25. The molecule has 2 aromatic carbocycles. The summed E-state index contributed by atoms with van der Waals surface area (Å²) in [5.41, 5.74) is 1.28. The van der Waals surface area contributed by atoms with Gasteiger partial charge in [0.2, 0.25) is 5.91 Å². The van der Waals surface area contributed by atoms with Crippen LogP contribution in [0.5, 0.6) is 0 Å². The molecule has 0 aromatic heterocycles. The van der Waals surface area contributed by atoms with Gasteiger partial charge in [0.15, 0.2) is 0 Å². The molecule has 1 heterocycles. The molecule has 1 atom stereocenters. The minimum atomic E-state index is -0.203. The molecule has 1 aliphatic heterocycles. The number of nitrogens with zero attached hydrogens (tertiary/aromatic N) is 1. The third-order valence-corrected chi connectivity index (χ3v) is 4.19. The van der Waals surface area contributed by atoms with Gasteiger partial charge in [-0.05, 0) is 22.8 Å². The highest BCUT2D eigenvalue weighted by Gasteiger charge is 2.24. The number of fused-ring (bicyclic) bond motifs is 1. The Morgan fingerprint density at radius 1 is 1.26 bits per heavy atom. The van der Waals surface area contributed by atoms with Crippen molar-refractivity contribution in [1.29, 1.82) is 0 Å². The van der Waals surface area contributed by atoms with Gasteiger partial charge < -0.3 is 15.0 Å². The maximum atomic E-state index is 12.4. The van der Waals surface area contributed by atoms with Gasteiger partial charge in [-0.15, -0.1) is 12.4 Å². The predicted molar refractivity (Wildman–Crippen MR) is 95.1 cm³/mol. The standard InChI is InChI=1S/C18H22N2O2.ClH/c1-20(18(21)17-13-22-12-10-19-17)11-9-15-7-4-6-14-5-2-3-8-16(14)15;/h2-8,17,19H,9-13H2,1H3;1H. The van der Waals surface area contributed by atoms with E-state index in [4.69, 9.17) is 4.74 Å². The lowest BCUT2D eigenvalue weighted by atomic mass is 10.0. The first-order chi connectivity index (χ1) is 10.8. The Bertz CT molecular complexity index is 651. The lowest BCUT2D eigenvalue weighted by Crippen LogP contribution is -2.51. The zero-order valence-electron chi connectivity index (χ0n) is 13.3. The van der Waals surface area contributed by atoms with Gasteiger partial charge in [-0.25, -0.2) is 0 Å². The van der Waals surface area contributed by atoms with Gasteiger partial charge in [0, 0.05) is 20.1 Å². The molecule has 0 radical (unpaired) electrons. The Balaban J connectivity index is 0.00000192. The third kappa shape index (κ3) is 4.22. The molecular formula is C18H23ClN2O2. The van der Waals surface area contributed by atoms with E-state index >= 15 is 0 Å². The fourth-order valence-corrected chi connectivity index (χ4v) is 2.90. The molecule has 1 saturated heterocycles. The molecule has 5 heteroatoms. The molecule has 1 N–H and O–H groups in total. The highest BCUT2D eigenvalue weighted by molar-refractivity contribution is 5.86. The summed E-state index contributed by atoms with van der Waals surface area (Å²) in [6.07, 6.45) is 0.858. The first kappa shape index (κ1) is 17.7. The van der Waals surface area contributed by atoms with E-state index < -0.39 is 0 Å². The van der Waals surface area contributed by atoms with Crippen molar-refractivity contribution in [2.45, 2.75) is 12.5 Å². The number of benzene rings is 2. The van der Waals surface area contributed by atoms with Crippen LogP contribution in [0.15, 0.2) is 42.5 Å². The smallest absolute Gasteiger partial charge is 0.241 e. The number of hydrogen-bond acceptors (Lipinski definition) is 3. The average molecular weight is 335 g/mol. The van der Waals surface area contributed by atoms with Gasteiger partial charge in [-0.3, -0.25) is 4.79 Å². The second-order valence-corrected chi connectivity index (χ2v) is 5.73. The van der Waals surface area contributed by atoms with Gasteiger partial charge in [0.1, 0.15) is 6.04 Å². The third-order valence-electron chi connectivity index (χ3n) is 4.19. The van der Waals surface area contributed by atoms with Gasteiger partial charge in [-0.2, -0.15) is 0 Å². The monoisotopic (exact) mass is 334 g/mol. The summed E-state index contributed by atoms with van der Waals surface area (Å²) in [6, 6.07) is 14.5. The maximum Gasteiger partial charge on any atom is 0.241 e. The summed E-state index contributed by atoms with van der Waals surface area (Å²) >= 11 is 0. The zero-order chi connectivity index (χ0) is 15.4. The minimum absolute atomic E-state index is 0. The van der Waals surface area contributed by atoms with Crippen molar-refractivity contribution in [1.82, 2.24) is 10.2 Å². The lowest BCUT2D eigenvalue weighted by molar-refractivity contribution is -0.135. The van der Waals surface area contributed by atoms with Crippen LogP contribution in [0.2, 0.25) is 0 Å². The highest BCUT2D eigenvalue weighted by Crippen LogP contribution is 2.19. The topological polar surface area (TPSA) is 41.6 Å². The first-order valence-electron chi connectivity index (χ1n) is 7.78. The van der Waals surface area contributed by atoms with Crippen molar-refractivity contribution in [3.05, 3.63) is 48.0 Å². The molecule has 0 bridgehead atoms. The number of carbonyl (C=O) groups excluding carboxylic acids is 1. The molecule has 1 unspecified atom stereocenters. The molecule has 124 valence electrons. The van der Waals surface area contributed by atoms with Crippen molar-refractivity contribution in [3.63, 3.8) is 0 Å². The van der Waals surface area contributed by atoms with Crippen molar-refractivity contribution in [2.24, 2.45) is 0 Å². The van der Waals surface area contributed by atoms with Crippen LogP contribution in [0, 0.1) is 0 Å². The molecule has 1 aliphatic rings. The summed E-state index contributed by atoms with van der Waals surface area (Å²) in [4.78, 5) is 14.2. The van der Waals surface area contributed by atoms with Crippen LogP contribution in [0.25, 0.3) is 10.8 Å². The maximum absolute atomic E-state index is 12.4. The summed E-state index contributed by atoms with van der Waals surface area (Å²) in [5.74, 6) is 0.111. The fraction of sp³-hybridized carbons (Fsp3) is 0.389. The van der Waals surface area contributed by atoms with Crippen LogP contribution in [0.3, 0.4) is 0 Å². The molecule has 0 spiro atoms. The second-order valence-electron chi connectivity index (χ2n) is 5.73. The SMILES string of the molecule is CN(CCc1cccc2ccccc12)C(=O)C1COCCN1.Cl. The van der Waals surface area contributed by atoms with E-state index in [2.05, 4.69) is 47.8 Å². The number of likely N-dealkylation sites (N-methyl/N-ethyl adjacent to an activating group) is 1. The first-order valence-corrected chi connectivity index (χ1v) is 7.78. The molecule has 23 heavy (non-hydrogen) atoms. The van der Waals surface area contributed by atoms with Crippen LogP contribution in [-0.2, 0) is 16.0 Å². The van der Waals surface area contributed by atoms with Gasteiger partial charge >= 0.3 is 0 Å². The normalized spacial score (nSPS) is 17.5. The largest absolute Gasteiger partial charge is 0.378 e. The van der Waals surface area contributed by atoms with E-state index in [1.807, 2.05) is 7.05 Å². The summed E-state index contributed by atoms with van der Waals surface area (Å²) in [7, 11) is 1.86. The van der Waals surface area contributed by atoms with E-state index in [-0.39, 0.29) is 24.4 Å². The van der Waals surface area contributed by atoms with Crippen molar-refractivity contribution in [3.8, 4) is 0 Å².